The fourth-order valence-corrected chi connectivity index (χ4v) is 6.40. The standard InChI is InChI=1S/C13H14BrNS3/c1-7-9(5-12(14)17-7)13(15)11-4-8-6-16-3-2-10(8)18-11/h4-5,13H,2-3,6,15H2,1H3. The van der Waals surface area contributed by atoms with Crippen LogP contribution in [-0.2, 0) is 12.2 Å². The predicted molar refractivity (Wildman–Crippen MR) is 87.0 cm³/mol. The van der Waals surface area contributed by atoms with Gasteiger partial charge in [0.15, 0.2) is 0 Å². The van der Waals surface area contributed by atoms with Crippen molar-refractivity contribution in [3.63, 3.8) is 0 Å². The summed E-state index contributed by atoms with van der Waals surface area (Å²) in [7, 11) is 0. The molecule has 1 aliphatic rings. The molecule has 1 atom stereocenters. The molecule has 1 aliphatic heterocycles. The Labute approximate surface area is 128 Å². The third-order valence-corrected chi connectivity index (χ3v) is 7.11. The Balaban J connectivity index is 1.94. The maximum atomic E-state index is 6.43. The van der Waals surface area contributed by atoms with Gasteiger partial charge < -0.3 is 5.73 Å². The molecule has 2 aromatic rings. The summed E-state index contributed by atoms with van der Waals surface area (Å²) in [6.07, 6.45) is 1.21. The minimum Gasteiger partial charge on any atom is -0.320 e. The molecule has 18 heavy (non-hydrogen) atoms. The minimum atomic E-state index is 0.0353. The third-order valence-electron chi connectivity index (χ3n) is 3.21. The molecule has 0 saturated heterocycles. The summed E-state index contributed by atoms with van der Waals surface area (Å²) in [5, 5.41) is 0. The van der Waals surface area contributed by atoms with Crippen LogP contribution in [0.2, 0.25) is 0 Å². The van der Waals surface area contributed by atoms with E-state index in [-0.39, 0.29) is 6.04 Å². The minimum absolute atomic E-state index is 0.0353. The van der Waals surface area contributed by atoms with Crippen LogP contribution >= 0.6 is 50.4 Å². The Morgan fingerprint density at radius 1 is 1.33 bits per heavy atom. The maximum absolute atomic E-state index is 6.43. The molecule has 0 radical (unpaired) electrons. The van der Waals surface area contributed by atoms with Crippen molar-refractivity contribution in [3.8, 4) is 0 Å². The zero-order valence-corrected chi connectivity index (χ0v) is 14.1. The molecule has 96 valence electrons. The van der Waals surface area contributed by atoms with Gasteiger partial charge in [0.25, 0.3) is 0 Å². The third kappa shape index (κ3) is 2.43. The van der Waals surface area contributed by atoms with E-state index in [1.165, 1.54) is 36.8 Å². The summed E-state index contributed by atoms with van der Waals surface area (Å²) >= 11 is 9.24. The summed E-state index contributed by atoms with van der Waals surface area (Å²) in [6, 6.07) is 4.52. The first kappa shape index (κ1) is 13.2. The first-order chi connectivity index (χ1) is 8.65. The number of nitrogens with two attached hydrogens (primary N) is 1. The van der Waals surface area contributed by atoms with E-state index in [0.717, 1.165) is 5.75 Å². The Bertz CT molecular complexity index is 549. The molecule has 0 aromatic carbocycles. The van der Waals surface area contributed by atoms with Crippen LogP contribution in [0.15, 0.2) is 15.9 Å². The number of thiophene rings is 2. The molecule has 3 rings (SSSR count). The molecule has 1 unspecified atom stereocenters. The van der Waals surface area contributed by atoms with Crippen molar-refractivity contribution in [3.05, 3.63) is 41.7 Å². The van der Waals surface area contributed by atoms with Gasteiger partial charge >= 0.3 is 0 Å². The zero-order chi connectivity index (χ0) is 12.7. The highest BCUT2D eigenvalue weighted by Crippen LogP contribution is 2.38. The highest BCUT2D eigenvalue weighted by Gasteiger charge is 2.20. The van der Waals surface area contributed by atoms with Crippen LogP contribution in [0.1, 0.15) is 31.8 Å². The Kier molecular flexibility index (Phi) is 3.87. The number of hydrogen-bond donors (Lipinski definition) is 1. The van der Waals surface area contributed by atoms with Gasteiger partial charge in [0.1, 0.15) is 0 Å². The lowest BCUT2D eigenvalue weighted by Gasteiger charge is -2.08. The van der Waals surface area contributed by atoms with Crippen molar-refractivity contribution in [2.45, 2.75) is 25.1 Å². The molecule has 1 nitrogen and oxygen atoms in total. The Morgan fingerprint density at radius 3 is 2.83 bits per heavy atom. The largest absolute Gasteiger partial charge is 0.320 e. The van der Waals surface area contributed by atoms with Gasteiger partial charge in [-0.3, -0.25) is 0 Å². The second-order valence-electron chi connectivity index (χ2n) is 4.44. The quantitative estimate of drug-likeness (QED) is 0.839. The van der Waals surface area contributed by atoms with Crippen molar-refractivity contribution >= 4 is 50.4 Å². The van der Waals surface area contributed by atoms with E-state index in [2.05, 4.69) is 35.0 Å². The summed E-state index contributed by atoms with van der Waals surface area (Å²) < 4.78 is 1.17. The molecule has 0 saturated carbocycles. The molecule has 0 bridgehead atoms. The fraction of sp³-hybridized carbons (Fsp3) is 0.385. The summed E-state index contributed by atoms with van der Waals surface area (Å²) in [5.74, 6) is 2.41. The average Bonchev–Trinajstić information content (AvgIpc) is 2.91. The maximum Gasteiger partial charge on any atom is 0.0704 e. The first-order valence-corrected chi connectivity index (χ1v) is 9.44. The van der Waals surface area contributed by atoms with E-state index >= 15 is 0 Å². The van der Waals surface area contributed by atoms with Crippen molar-refractivity contribution in [1.29, 1.82) is 0 Å². The van der Waals surface area contributed by atoms with Crippen LogP contribution in [0.25, 0.3) is 0 Å². The second-order valence-corrected chi connectivity index (χ2v) is 9.35. The molecule has 0 aliphatic carbocycles. The molecule has 0 amide bonds. The Morgan fingerprint density at radius 2 is 2.17 bits per heavy atom. The van der Waals surface area contributed by atoms with E-state index < -0.39 is 0 Å². The Hall–Kier alpha value is 0.190. The van der Waals surface area contributed by atoms with E-state index in [0.29, 0.717) is 0 Å². The van der Waals surface area contributed by atoms with E-state index in [4.69, 9.17) is 5.73 Å². The van der Waals surface area contributed by atoms with E-state index in [9.17, 15) is 0 Å². The van der Waals surface area contributed by atoms with Gasteiger partial charge in [-0.15, -0.1) is 22.7 Å². The predicted octanol–water partition coefficient (Wildman–Crippen LogP) is 4.72. The van der Waals surface area contributed by atoms with Gasteiger partial charge in [-0.05, 0) is 58.3 Å². The molecule has 2 aromatic heterocycles. The average molecular weight is 360 g/mol. The van der Waals surface area contributed by atoms with Crippen LogP contribution in [0.3, 0.4) is 0 Å². The fourth-order valence-electron chi connectivity index (χ4n) is 2.24. The number of hydrogen-bond acceptors (Lipinski definition) is 4. The normalized spacial score (nSPS) is 16.6. The lowest BCUT2D eigenvalue weighted by Crippen LogP contribution is -2.10. The zero-order valence-electron chi connectivity index (χ0n) is 10.0. The molecule has 5 heteroatoms. The summed E-state index contributed by atoms with van der Waals surface area (Å²) in [5.41, 5.74) is 9.20. The lowest BCUT2D eigenvalue weighted by atomic mass is 10.1. The monoisotopic (exact) mass is 359 g/mol. The molecular formula is C13H14BrNS3. The van der Waals surface area contributed by atoms with E-state index in [1.54, 1.807) is 16.2 Å². The number of halogens is 1. The topological polar surface area (TPSA) is 26.0 Å². The SMILES string of the molecule is Cc1sc(Br)cc1C(N)c1cc2c(s1)CCSC2. The summed E-state index contributed by atoms with van der Waals surface area (Å²) in [6.45, 7) is 2.15. The molecule has 0 spiro atoms. The highest BCUT2D eigenvalue weighted by atomic mass is 79.9. The van der Waals surface area contributed by atoms with Crippen molar-refractivity contribution in [1.82, 2.24) is 0 Å². The van der Waals surface area contributed by atoms with Crippen LogP contribution in [0.5, 0.6) is 0 Å². The van der Waals surface area contributed by atoms with Gasteiger partial charge in [0, 0.05) is 20.4 Å². The molecule has 3 heterocycles. The van der Waals surface area contributed by atoms with Crippen molar-refractivity contribution < 1.29 is 0 Å². The van der Waals surface area contributed by atoms with Gasteiger partial charge in [0.2, 0.25) is 0 Å². The van der Waals surface area contributed by atoms with Gasteiger partial charge in [-0.1, -0.05) is 0 Å². The van der Waals surface area contributed by atoms with Gasteiger partial charge in [0.05, 0.1) is 9.83 Å². The number of aryl methyl sites for hydroxylation is 2. The van der Waals surface area contributed by atoms with E-state index in [1.807, 2.05) is 23.1 Å². The van der Waals surface area contributed by atoms with Crippen molar-refractivity contribution in [2.75, 3.05) is 5.75 Å². The number of rotatable bonds is 2. The van der Waals surface area contributed by atoms with Crippen molar-refractivity contribution in [2.24, 2.45) is 5.73 Å². The number of fused-ring (bicyclic) bond motifs is 1. The number of thioether (sulfide) groups is 1. The van der Waals surface area contributed by atoms with Crippen LogP contribution in [0.4, 0.5) is 0 Å². The van der Waals surface area contributed by atoms with Gasteiger partial charge in [-0.2, -0.15) is 11.8 Å². The second kappa shape index (κ2) is 5.29. The molecule has 0 fully saturated rings. The van der Waals surface area contributed by atoms with Crippen LogP contribution < -0.4 is 5.73 Å². The van der Waals surface area contributed by atoms with Crippen LogP contribution in [-0.4, -0.2) is 5.75 Å². The first-order valence-electron chi connectivity index (χ1n) is 5.86. The smallest absolute Gasteiger partial charge is 0.0704 e. The van der Waals surface area contributed by atoms with Gasteiger partial charge in [-0.25, -0.2) is 0 Å². The van der Waals surface area contributed by atoms with Crippen LogP contribution in [0, 0.1) is 6.92 Å². The molecule has 2 N–H and O–H groups in total. The lowest BCUT2D eigenvalue weighted by molar-refractivity contribution is 0.889. The highest BCUT2D eigenvalue weighted by molar-refractivity contribution is 9.11. The summed E-state index contributed by atoms with van der Waals surface area (Å²) in [4.78, 5) is 4.18. The molecular weight excluding hydrogens is 346 g/mol.